The third-order valence-corrected chi connectivity index (χ3v) is 4.97. The molecule has 0 radical (unpaired) electrons. The fourth-order valence-corrected chi connectivity index (χ4v) is 3.60. The first-order valence-electron chi connectivity index (χ1n) is 5.62. The van der Waals surface area contributed by atoms with E-state index >= 15 is 0 Å². The van der Waals surface area contributed by atoms with Gasteiger partial charge in [0.15, 0.2) is 0 Å². The summed E-state index contributed by atoms with van der Waals surface area (Å²) in [5, 5.41) is 2.60. The standard InChI is InChI=1S/C11H15N3O3S2/c1-7-6-18-11(14-7)5-13-19(15,16)10-3-9(4-12)17-8(10)2/h3,6,13H,4-5,12H2,1-2H3. The zero-order valence-electron chi connectivity index (χ0n) is 10.6. The number of nitrogens with one attached hydrogen (secondary N) is 1. The van der Waals surface area contributed by atoms with Crippen LogP contribution in [0.3, 0.4) is 0 Å². The third-order valence-electron chi connectivity index (χ3n) is 2.49. The summed E-state index contributed by atoms with van der Waals surface area (Å²) in [6.45, 7) is 3.80. The molecule has 0 saturated carbocycles. The largest absolute Gasteiger partial charge is 0.464 e. The summed E-state index contributed by atoms with van der Waals surface area (Å²) in [5.74, 6) is 0.784. The normalized spacial score (nSPS) is 11.9. The van der Waals surface area contributed by atoms with E-state index in [9.17, 15) is 8.42 Å². The lowest BCUT2D eigenvalue weighted by molar-refractivity contribution is 0.478. The molecular formula is C11H15N3O3S2. The topological polar surface area (TPSA) is 98.2 Å². The molecule has 0 saturated heterocycles. The van der Waals surface area contributed by atoms with Crippen LogP contribution >= 0.6 is 11.3 Å². The molecule has 0 aromatic carbocycles. The smallest absolute Gasteiger partial charge is 0.244 e. The first-order chi connectivity index (χ1) is 8.92. The highest BCUT2D eigenvalue weighted by atomic mass is 32.2. The molecule has 2 heterocycles. The quantitative estimate of drug-likeness (QED) is 0.867. The molecule has 2 rings (SSSR count). The average Bonchev–Trinajstić information content (AvgIpc) is 2.93. The Labute approximate surface area is 115 Å². The monoisotopic (exact) mass is 301 g/mol. The highest BCUT2D eigenvalue weighted by Gasteiger charge is 2.21. The van der Waals surface area contributed by atoms with Crippen molar-refractivity contribution >= 4 is 21.4 Å². The molecule has 0 fully saturated rings. The number of rotatable bonds is 5. The first-order valence-corrected chi connectivity index (χ1v) is 7.98. The molecule has 8 heteroatoms. The summed E-state index contributed by atoms with van der Waals surface area (Å²) < 4.78 is 32.0. The lowest BCUT2D eigenvalue weighted by atomic mass is 10.4. The summed E-state index contributed by atoms with van der Waals surface area (Å²) in [6, 6.07) is 1.45. The number of hydrogen-bond donors (Lipinski definition) is 2. The number of hydrogen-bond acceptors (Lipinski definition) is 6. The van der Waals surface area contributed by atoms with Gasteiger partial charge in [-0.2, -0.15) is 0 Å². The molecule has 3 N–H and O–H groups in total. The van der Waals surface area contributed by atoms with Crippen LogP contribution in [0.25, 0.3) is 0 Å². The molecule has 2 aromatic rings. The maximum atomic E-state index is 12.1. The minimum absolute atomic E-state index is 0.126. The van der Waals surface area contributed by atoms with Crippen molar-refractivity contribution in [3.8, 4) is 0 Å². The van der Waals surface area contributed by atoms with Crippen LogP contribution in [-0.2, 0) is 23.1 Å². The van der Waals surface area contributed by atoms with Crippen LogP contribution in [0.1, 0.15) is 22.2 Å². The van der Waals surface area contributed by atoms with Crippen molar-refractivity contribution in [2.24, 2.45) is 5.73 Å². The van der Waals surface area contributed by atoms with Crippen molar-refractivity contribution in [1.29, 1.82) is 0 Å². The number of nitrogens with zero attached hydrogens (tertiary/aromatic N) is 1. The lowest BCUT2D eigenvalue weighted by Crippen LogP contribution is -2.23. The van der Waals surface area contributed by atoms with Crippen LogP contribution in [0.2, 0.25) is 0 Å². The zero-order chi connectivity index (χ0) is 14.0. The molecule has 0 aliphatic heterocycles. The number of thiazole rings is 1. The highest BCUT2D eigenvalue weighted by Crippen LogP contribution is 2.20. The molecule has 0 aliphatic rings. The molecular weight excluding hydrogens is 286 g/mol. The Morgan fingerprint density at radius 2 is 2.21 bits per heavy atom. The van der Waals surface area contributed by atoms with Crippen LogP contribution < -0.4 is 10.5 Å². The van der Waals surface area contributed by atoms with Crippen molar-refractivity contribution in [2.75, 3.05) is 0 Å². The lowest BCUT2D eigenvalue weighted by Gasteiger charge is -2.03. The van der Waals surface area contributed by atoms with Crippen LogP contribution in [0.15, 0.2) is 20.8 Å². The predicted octanol–water partition coefficient (Wildman–Crippen LogP) is 1.29. The van der Waals surface area contributed by atoms with Gasteiger partial charge in [0.1, 0.15) is 21.4 Å². The Morgan fingerprint density at radius 3 is 2.74 bits per heavy atom. The first kappa shape index (κ1) is 14.2. The summed E-state index contributed by atoms with van der Waals surface area (Å²) in [4.78, 5) is 4.33. The zero-order valence-corrected chi connectivity index (χ0v) is 12.3. The van der Waals surface area contributed by atoms with Gasteiger partial charge in [0.25, 0.3) is 0 Å². The Balaban J connectivity index is 2.15. The average molecular weight is 301 g/mol. The number of nitrogens with two attached hydrogens (primary N) is 1. The Bertz CT molecular complexity index is 673. The van der Waals surface area contributed by atoms with Gasteiger partial charge >= 0.3 is 0 Å². The van der Waals surface area contributed by atoms with E-state index in [-0.39, 0.29) is 18.0 Å². The molecule has 0 spiro atoms. The number of aryl methyl sites for hydroxylation is 2. The molecule has 2 aromatic heterocycles. The van der Waals surface area contributed by atoms with Gasteiger partial charge in [-0.05, 0) is 13.8 Å². The van der Waals surface area contributed by atoms with E-state index in [0.717, 1.165) is 10.7 Å². The second-order valence-electron chi connectivity index (χ2n) is 4.04. The summed E-state index contributed by atoms with van der Waals surface area (Å²) in [5.41, 5.74) is 6.30. The van der Waals surface area contributed by atoms with Gasteiger partial charge in [-0.3, -0.25) is 0 Å². The maximum Gasteiger partial charge on any atom is 0.244 e. The van der Waals surface area contributed by atoms with E-state index < -0.39 is 10.0 Å². The number of sulfonamides is 1. The Hall–Kier alpha value is -1.22. The molecule has 104 valence electrons. The molecule has 0 aliphatic carbocycles. The van der Waals surface area contributed by atoms with Crippen molar-refractivity contribution in [1.82, 2.24) is 9.71 Å². The number of aromatic nitrogens is 1. The minimum Gasteiger partial charge on any atom is -0.464 e. The van der Waals surface area contributed by atoms with E-state index in [2.05, 4.69) is 9.71 Å². The van der Waals surface area contributed by atoms with Crippen LogP contribution in [-0.4, -0.2) is 13.4 Å². The van der Waals surface area contributed by atoms with Gasteiger partial charge in [0.05, 0.1) is 13.1 Å². The fraction of sp³-hybridized carbons (Fsp3) is 0.364. The van der Waals surface area contributed by atoms with Crippen molar-refractivity contribution < 1.29 is 12.8 Å². The van der Waals surface area contributed by atoms with Gasteiger partial charge in [-0.1, -0.05) is 0 Å². The second kappa shape index (κ2) is 5.41. The summed E-state index contributed by atoms with van der Waals surface area (Å²) in [6.07, 6.45) is 0. The van der Waals surface area contributed by atoms with Crippen LogP contribution in [0.5, 0.6) is 0 Å². The van der Waals surface area contributed by atoms with Gasteiger partial charge in [-0.15, -0.1) is 11.3 Å². The summed E-state index contributed by atoms with van der Waals surface area (Å²) in [7, 11) is -3.60. The highest BCUT2D eigenvalue weighted by molar-refractivity contribution is 7.89. The van der Waals surface area contributed by atoms with E-state index in [4.69, 9.17) is 10.2 Å². The van der Waals surface area contributed by atoms with Gasteiger partial charge in [0, 0.05) is 17.1 Å². The van der Waals surface area contributed by atoms with Gasteiger partial charge in [0.2, 0.25) is 10.0 Å². The van der Waals surface area contributed by atoms with Crippen molar-refractivity contribution in [2.45, 2.75) is 31.8 Å². The van der Waals surface area contributed by atoms with Crippen molar-refractivity contribution in [3.05, 3.63) is 33.7 Å². The Kier molecular flexibility index (Phi) is 4.04. The molecule has 0 bridgehead atoms. The predicted molar refractivity (Wildman–Crippen MR) is 72.2 cm³/mol. The molecule has 0 unspecified atom stereocenters. The second-order valence-corrected chi connectivity index (χ2v) is 6.72. The molecule has 0 atom stereocenters. The number of furan rings is 1. The van der Waals surface area contributed by atoms with E-state index in [1.807, 2.05) is 12.3 Å². The van der Waals surface area contributed by atoms with Gasteiger partial charge in [-0.25, -0.2) is 18.1 Å². The molecule has 19 heavy (non-hydrogen) atoms. The van der Waals surface area contributed by atoms with E-state index in [1.165, 1.54) is 17.4 Å². The third kappa shape index (κ3) is 3.21. The van der Waals surface area contributed by atoms with E-state index in [1.54, 1.807) is 6.92 Å². The minimum atomic E-state index is -3.60. The van der Waals surface area contributed by atoms with Crippen molar-refractivity contribution in [3.63, 3.8) is 0 Å². The van der Waals surface area contributed by atoms with E-state index in [0.29, 0.717) is 11.5 Å². The maximum absolute atomic E-state index is 12.1. The molecule has 0 amide bonds. The van der Waals surface area contributed by atoms with Crippen LogP contribution in [0, 0.1) is 13.8 Å². The molecule has 6 nitrogen and oxygen atoms in total. The van der Waals surface area contributed by atoms with Crippen LogP contribution in [0.4, 0.5) is 0 Å². The fourth-order valence-electron chi connectivity index (χ4n) is 1.61. The summed E-state index contributed by atoms with van der Waals surface area (Å²) >= 11 is 1.42. The van der Waals surface area contributed by atoms with Gasteiger partial charge < -0.3 is 10.2 Å². The SMILES string of the molecule is Cc1csc(CNS(=O)(=O)c2cc(CN)oc2C)n1. The Morgan fingerprint density at radius 1 is 1.47 bits per heavy atom.